The van der Waals surface area contributed by atoms with Crippen molar-refractivity contribution in [3.63, 3.8) is 0 Å². The maximum absolute atomic E-state index is 13.1. The van der Waals surface area contributed by atoms with Crippen LogP contribution >= 0.6 is 0 Å². The van der Waals surface area contributed by atoms with Crippen LogP contribution in [-0.2, 0) is 22.4 Å². The van der Waals surface area contributed by atoms with Crippen molar-refractivity contribution in [1.29, 1.82) is 0 Å². The van der Waals surface area contributed by atoms with E-state index in [0.717, 1.165) is 24.2 Å². The van der Waals surface area contributed by atoms with Gasteiger partial charge in [-0.15, -0.1) is 0 Å². The summed E-state index contributed by atoms with van der Waals surface area (Å²) in [4.78, 5) is 6.44. The standard InChI is InChI=1S/C21H26FN3O3/c1-25(11-9-16-4-2-3-10-23-16)19-20(26)18(17-13-27-21(19)28-17)24-12-14-5-7-15(22)8-6-14/h2-8,10,17-21,24,26H,9,11-13H2,1H3. The Kier molecular flexibility index (Phi) is 5.99. The molecule has 1 aromatic heterocycles. The first kappa shape index (κ1) is 19.4. The largest absolute Gasteiger partial charge is 0.390 e. The summed E-state index contributed by atoms with van der Waals surface area (Å²) in [6.07, 6.45) is 1.30. The van der Waals surface area contributed by atoms with Crippen molar-refractivity contribution in [2.45, 2.75) is 43.5 Å². The van der Waals surface area contributed by atoms with Crippen molar-refractivity contribution in [3.8, 4) is 0 Å². The van der Waals surface area contributed by atoms with Gasteiger partial charge in [-0.05, 0) is 36.9 Å². The Morgan fingerprint density at radius 3 is 2.82 bits per heavy atom. The molecular weight excluding hydrogens is 361 g/mol. The molecule has 1 aromatic carbocycles. The number of hydrogen-bond acceptors (Lipinski definition) is 6. The smallest absolute Gasteiger partial charge is 0.176 e. The molecule has 7 heteroatoms. The minimum atomic E-state index is -0.638. The van der Waals surface area contributed by atoms with Gasteiger partial charge in [0.1, 0.15) is 11.9 Å². The number of nitrogens with zero attached hydrogens (tertiary/aromatic N) is 2. The summed E-state index contributed by atoms with van der Waals surface area (Å²) in [6, 6.07) is 11.7. The predicted molar refractivity (Wildman–Crippen MR) is 102 cm³/mol. The van der Waals surface area contributed by atoms with Gasteiger partial charge in [-0.2, -0.15) is 0 Å². The SMILES string of the molecule is CN(CCc1ccccn1)C1C2OCC(O2)C(NCc2ccc(F)cc2)C1O. The number of halogens is 1. The van der Waals surface area contributed by atoms with E-state index in [4.69, 9.17) is 9.47 Å². The Balaban J connectivity index is 1.39. The summed E-state index contributed by atoms with van der Waals surface area (Å²) in [6.45, 7) is 1.71. The molecule has 0 amide bonds. The normalized spacial score (nSPS) is 29.4. The minimum Gasteiger partial charge on any atom is -0.390 e. The molecule has 3 heterocycles. The number of aliphatic hydroxyl groups is 1. The average molecular weight is 387 g/mol. The molecule has 2 aromatic rings. The number of rotatable bonds is 7. The van der Waals surface area contributed by atoms with Gasteiger partial charge >= 0.3 is 0 Å². The molecule has 0 spiro atoms. The number of aliphatic hydroxyl groups excluding tert-OH is 1. The summed E-state index contributed by atoms with van der Waals surface area (Å²) in [5, 5.41) is 14.4. The lowest BCUT2D eigenvalue weighted by Crippen LogP contribution is -2.63. The highest BCUT2D eigenvalue weighted by Gasteiger charge is 2.51. The van der Waals surface area contributed by atoms with Crippen LogP contribution in [0, 0.1) is 5.82 Å². The number of likely N-dealkylation sites (N-methyl/N-ethyl adjacent to an activating group) is 1. The summed E-state index contributed by atoms with van der Waals surface area (Å²) in [5.74, 6) is -0.258. The maximum atomic E-state index is 13.1. The van der Waals surface area contributed by atoms with Gasteiger partial charge in [0.25, 0.3) is 0 Å². The number of aromatic nitrogens is 1. The Morgan fingerprint density at radius 1 is 1.25 bits per heavy atom. The maximum Gasteiger partial charge on any atom is 0.176 e. The number of benzene rings is 1. The lowest BCUT2D eigenvalue weighted by Gasteiger charge is -2.42. The molecule has 2 bridgehead atoms. The fraction of sp³-hybridized carbons (Fsp3) is 0.476. The minimum absolute atomic E-state index is 0.194. The van der Waals surface area contributed by atoms with Crippen LogP contribution in [0.2, 0.25) is 0 Å². The fourth-order valence-electron chi connectivity index (χ4n) is 3.95. The number of fused-ring (bicyclic) bond motifs is 2. The van der Waals surface area contributed by atoms with Crippen molar-refractivity contribution in [1.82, 2.24) is 15.2 Å². The van der Waals surface area contributed by atoms with Gasteiger partial charge < -0.3 is 19.9 Å². The first-order chi connectivity index (χ1) is 13.6. The third kappa shape index (κ3) is 4.24. The van der Waals surface area contributed by atoms with Gasteiger partial charge in [0.05, 0.1) is 24.8 Å². The second kappa shape index (κ2) is 8.63. The Morgan fingerprint density at radius 2 is 2.07 bits per heavy atom. The van der Waals surface area contributed by atoms with Crippen LogP contribution in [0.15, 0.2) is 48.7 Å². The molecule has 2 N–H and O–H groups in total. The highest BCUT2D eigenvalue weighted by atomic mass is 19.1. The molecule has 5 atom stereocenters. The molecule has 2 fully saturated rings. The van der Waals surface area contributed by atoms with Crippen LogP contribution in [0.5, 0.6) is 0 Å². The van der Waals surface area contributed by atoms with Gasteiger partial charge in [0.15, 0.2) is 6.29 Å². The van der Waals surface area contributed by atoms with E-state index in [1.807, 2.05) is 25.2 Å². The highest BCUT2D eigenvalue weighted by molar-refractivity contribution is 5.16. The summed E-state index contributed by atoms with van der Waals surface area (Å²) < 4.78 is 24.9. The van der Waals surface area contributed by atoms with E-state index >= 15 is 0 Å². The molecule has 0 radical (unpaired) electrons. The van der Waals surface area contributed by atoms with E-state index < -0.39 is 12.4 Å². The van der Waals surface area contributed by atoms with Crippen LogP contribution in [0.1, 0.15) is 11.3 Å². The lowest BCUT2D eigenvalue weighted by atomic mass is 9.94. The number of hydrogen-bond donors (Lipinski definition) is 2. The zero-order chi connectivity index (χ0) is 19.5. The lowest BCUT2D eigenvalue weighted by molar-refractivity contribution is -0.178. The molecule has 150 valence electrons. The second-order valence-corrected chi connectivity index (χ2v) is 7.44. The summed E-state index contributed by atoms with van der Waals surface area (Å²) in [5.41, 5.74) is 1.96. The molecule has 2 saturated heterocycles. The van der Waals surface area contributed by atoms with E-state index in [1.165, 1.54) is 12.1 Å². The molecule has 2 aliphatic heterocycles. The first-order valence-corrected chi connectivity index (χ1v) is 9.65. The average Bonchev–Trinajstić information content (AvgIpc) is 3.13. The molecular formula is C21H26FN3O3. The van der Waals surface area contributed by atoms with Crippen LogP contribution < -0.4 is 5.32 Å². The molecule has 28 heavy (non-hydrogen) atoms. The Labute approximate surface area is 164 Å². The predicted octanol–water partition coefficient (Wildman–Crippen LogP) is 1.34. The molecule has 4 rings (SSSR count). The summed E-state index contributed by atoms with van der Waals surface area (Å²) >= 11 is 0. The van der Waals surface area contributed by atoms with E-state index in [0.29, 0.717) is 13.2 Å². The number of pyridine rings is 1. The Bertz CT molecular complexity index is 761. The van der Waals surface area contributed by atoms with Gasteiger partial charge in [0.2, 0.25) is 0 Å². The zero-order valence-corrected chi connectivity index (χ0v) is 15.9. The van der Waals surface area contributed by atoms with Crippen LogP contribution in [0.25, 0.3) is 0 Å². The van der Waals surface area contributed by atoms with Crippen molar-refractivity contribution < 1.29 is 19.0 Å². The van der Waals surface area contributed by atoms with Gasteiger partial charge in [0, 0.05) is 31.4 Å². The molecule has 2 aliphatic rings. The Hall–Kier alpha value is -1.90. The van der Waals surface area contributed by atoms with E-state index in [-0.39, 0.29) is 24.0 Å². The van der Waals surface area contributed by atoms with Gasteiger partial charge in [-0.1, -0.05) is 18.2 Å². The zero-order valence-electron chi connectivity index (χ0n) is 15.9. The highest BCUT2D eigenvalue weighted by Crippen LogP contribution is 2.31. The van der Waals surface area contributed by atoms with Crippen molar-refractivity contribution >= 4 is 0 Å². The van der Waals surface area contributed by atoms with E-state index in [9.17, 15) is 9.50 Å². The second-order valence-electron chi connectivity index (χ2n) is 7.44. The van der Waals surface area contributed by atoms with E-state index in [2.05, 4.69) is 15.2 Å². The third-order valence-corrected chi connectivity index (χ3v) is 5.54. The first-order valence-electron chi connectivity index (χ1n) is 9.65. The number of nitrogens with one attached hydrogen (secondary N) is 1. The van der Waals surface area contributed by atoms with Gasteiger partial charge in [-0.3, -0.25) is 9.88 Å². The third-order valence-electron chi connectivity index (χ3n) is 5.54. The quantitative estimate of drug-likeness (QED) is 0.748. The van der Waals surface area contributed by atoms with E-state index in [1.54, 1.807) is 18.3 Å². The van der Waals surface area contributed by atoms with Crippen molar-refractivity contribution in [3.05, 3.63) is 65.7 Å². The monoisotopic (exact) mass is 387 g/mol. The topological polar surface area (TPSA) is 66.9 Å². The molecule has 0 aliphatic carbocycles. The van der Waals surface area contributed by atoms with Crippen LogP contribution in [-0.4, -0.2) is 65.8 Å². The van der Waals surface area contributed by atoms with Crippen molar-refractivity contribution in [2.24, 2.45) is 0 Å². The molecule has 6 nitrogen and oxygen atoms in total. The molecule has 0 saturated carbocycles. The molecule has 5 unspecified atom stereocenters. The van der Waals surface area contributed by atoms with Crippen molar-refractivity contribution in [2.75, 3.05) is 20.2 Å². The fourth-order valence-corrected chi connectivity index (χ4v) is 3.95. The van der Waals surface area contributed by atoms with Crippen LogP contribution in [0.3, 0.4) is 0 Å². The summed E-state index contributed by atoms with van der Waals surface area (Å²) in [7, 11) is 1.97. The van der Waals surface area contributed by atoms with Gasteiger partial charge in [-0.25, -0.2) is 4.39 Å². The number of ether oxygens (including phenoxy) is 2. The van der Waals surface area contributed by atoms with Crippen LogP contribution in [0.4, 0.5) is 4.39 Å².